The van der Waals surface area contributed by atoms with E-state index in [1.54, 1.807) is 0 Å². The predicted octanol–water partition coefficient (Wildman–Crippen LogP) is 8.49. The molecular weight excluding hydrogens is 748 g/mol. The monoisotopic (exact) mass is 795 g/mol. The molecule has 1 aliphatic rings. The van der Waals surface area contributed by atoms with Crippen LogP contribution in [0.1, 0.15) is 75.0 Å². The molecule has 0 aliphatic carbocycles. The van der Waals surface area contributed by atoms with Gasteiger partial charge in [0.15, 0.2) is 0 Å². The molecule has 1 atom stereocenters. The molecule has 0 radical (unpaired) electrons. The van der Waals surface area contributed by atoms with Gasteiger partial charge in [0.05, 0.1) is 11.8 Å². The predicted molar refractivity (Wildman–Crippen MR) is 196 cm³/mol. The lowest BCUT2D eigenvalue weighted by atomic mass is 10.0. The van der Waals surface area contributed by atoms with E-state index in [0.29, 0.717) is 12.2 Å². The minimum Gasteiger partial charge on any atom is -0.454 e. The Bertz CT molecular complexity index is 1700. The molecule has 1 saturated heterocycles. The van der Waals surface area contributed by atoms with Crippen molar-refractivity contribution in [2.75, 3.05) is 38.0 Å². The van der Waals surface area contributed by atoms with Gasteiger partial charge in [-0.05, 0) is 68.1 Å². The second-order valence-corrected chi connectivity index (χ2v) is 13.5. The number of nitrogens with one attached hydrogen (secondary N) is 2. The Morgan fingerprint density at radius 1 is 0.786 bits per heavy atom. The van der Waals surface area contributed by atoms with Gasteiger partial charge in [-0.1, -0.05) is 86.7 Å². The molecule has 3 N–H and O–H groups in total. The van der Waals surface area contributed by atoms with Gasteiger partial charge in [-0.25, -0.2) is 14.4 Å². The lowest BCUT2D eigenvalue weighted by molar-refractivity contribution is -0.201. The van der Waals surface area contributed by atoms with Crippen molar-refractivity contribution in [3.8, 4) is 16.9 Å². The fourth-order valence-corrected chi connectivity index (χ4v) is 6.23. The number of halogens is 6. The summed E-state index contributed by atoms with van der Waals surface area (Å²) >= 11 is 0. The SMILES string of the molecule is O=C(Nc1ccccc1-c1ccccc1)OC1CCN(CCCCCCCCCNC[C@H](O)c2ccc(OC(=O)C(F)(F)F)c(COC(=O)C(F)(F)F)c2)CC1. The largest absolute Gasteiger partial charge is 0.491 e. The Labute approximate surface area is 321 Å². The zero-order chi connectivity index (χ0) is 40.6. The van der Waals surface area contributed by atoms with Crippen molar-refractivity contribution in [2.45, 2.75) is 89.0 Å². The van der Waals surface area contributed by atoms with Gasteiger partial charge in [-0.2, -0.15) is 26.3 Å². The zero-order valence-electron chi connectivity index (χ0n) is 30.8. The molecular formula is C40H47F6N3O7. The average molecular weight is 796 g/mol. The summed E-state index contributed by atoms with van der Waals surface area (Å²) in [6.45, 7) is 2.20. The highest BCUT2D eigenvalue weighted by Gasteiger charge is 2.43. The van der Waals surface area contributed by atoms with Gasteiger partial charge < -0.3 is 29.5 Å². The molecule has 0 unspecified atom stereocenters. The number of aliphatic hydroxyl groups excluding tert-OH is 1. The first kappa shape index (κ1) is 44.0. The molecule has 10 nitrogen and oxygen atoms in total. The minimum absolute atomic E-state index is 0.0311. The fraction of sp³-hybridized carbons (Fsp3) is 0.475. The average Bonchev–Trinajstić information content (AvgIpc) is 3.16. The first-order valence-electron chi connectivity index (χ1n) is 18.6. The molecule has 56 heavy (non-hydrogen) atoms. The molecule has 0 aromatic heterocycles. The van der Waals surface area contributed by atoms with Gasteiger partial charge >= 0.3 is 30.4 Å². The van der Waals surface area contributed by atoms with Crippen molar-refractivity contribution < 1.29 is 60.0 Å². The van der Waals surface area contributed by atoms with E-state index in [9.17, 15) is 45.8 Å². The molecule has 16 heteroatoms. The summed E-state index contributed by atoms with van der Waals surface area (Å²) in [5.74, 6) is -5.95. The molecule has 1 fully saturated rings. The van der Waals surface area contributed by atoms with Crippen LogP contribution < -0.4 is 15.4 Å². The summed E-state index contributed by atoms with van der Waals surface area (Å²) in [6.07, 6.45) is -3.74. The Hall–Kier alpha value is -4.67. The number of para-hydroxylation sites is 1. The Kier molecular flexibility index (Phi) is 17.0. The summed E-state index contributed by atoms with van der Waals surface area (Å²) in [4.78, 5) is 37.5. The first-order chi connectivity index (χ1) is 26.7. The highest BCUT2D eigenvalue weighted by Crippen LogP contribution is 2.30. The quantitative estimate of drug-likeness (QED) is 0.0474. The van der Waals surface area contributed by atoms with Crippen LogP contribution in [0.15, 0.2) is 72.8 Å². The number of rotatable bonds is 19. The summed E-state index contributed by atoms with van der Waals surface area (Å²) in [6, 6.07) is 20.6. The standard InChI is InChI=1S/C40H47F6N3O7/c41-39(42,43)36(51)54-27-30-25-29(17-18-35(30)56-37(52)40(44,45)46)34(50)26-47-21-11-4-2-1-3-5-12-22-49-23-19-31(20-24-49)55-38(53)48-33-16-10-9-15-32(33)28-13-7-6-8-14-28/h6-10,13-18,25,31,34,47,50H,1-5,11-12,19-24,26-27H2,(H,48,53)/t34-/m0/s1. The molecule has 0 saturated carbocycles. The van der Waals surface area contributed by atoms with E-state index in [0.717, 1.165) is 107 Å². The molecule has 4 rings (SSSR count). The Morgan fingerprint density at radius 3 is 2.09 bits per heavy atom. The zero-order valence-corrected chi connectivity index (χ0v) is 30.8. The van der Waals surface area contributed by atoms with E-state index < -0.39 is 54.4 Å². The maximum atomic E-state index is 12.7. The van der Waals surface area contributed by atoms with Gasteiger partial charge in [-0.3, -0.25) is 5.32 Å². The van der Waals surface area contributed by atoms with Gasteiger partial charge in [0, 0.05) is 30.8 Å². The van der Waals surface area contributed by atoms with E-state index >= 15 is 0 Å². The number of piperidine rings is 1. The number of alkyl halides is 6. The van der Waals surface area contributed by atoms with Crippen molar-refractivity contribution in [1.82, 2.24) is 10.2 Å². The number of aliphatic hydroxyl groups is 1. The number of benzene rings is 3. The van der Waals surface area contributed by atoms with Crippen LogP contribution in [0.5, 0.6) is 5.75 Å². The molecule has 3 aromatic rings. The number of hydrogen-bond acceptors (Lipinski definition) is 9. The molecule has 1 amide bonds. The number of amides is 1. The third-order valence-corrected chi connectivity index (χ3v) is 9.22. The van der Waals surface area contributed by atoms with Crippen molar-refractivity contribution >= 4 is 23.7 Å². The molecule has 306 valence electrons. The lowest BCUT2D eigenvalue weighted by Crippen LogP contribution is -2.38. The van der Waals surface area contributed by atoms with Crippen molar-refractivity contribution in [3.05, 3.63) is 83.9 Å². The second-order valence-electron chi connectivity index (χ2n) is 13.5. The number of anilines is 1. The molecule has 0 spiro atoms. The second kappa shape index (κ2) is 21.6. The summed E-state index contributed by atoms with van der Waals surface area (Å²) in [5, 5.41) is 16.5. The normalized spacial score (nSPS) is 14.6. The molecule has 1 heterocycles. The van der Waals surface area contributed by atoms with Crippen molar-refractivity contribution in [3.63, 3.8) is 0 Å². The van der Waals surface area contributed by atoms with Crippen LogP contribution in [0.3, 0.4) is 0 Å². The maximum Gasteiger partial charge on any atom is 0.491 e. The molecule has 3 aromatic carbocycles. The van der Waals surface area contributed by atoms with Gasteiger partial charge in [0.1, 0.15) is 18.5 Å². The molecule has 1 aliphatic heterocycles. The fourth-order valence-electron chi connectivity index (χ4n) is 6.23. The van der Waals surface area contributed by atoms with E-state index in [4.69, 9.17) is 4.74 Å². The van der Waals surface area contributed by atoms with E-state index in [1.165, 1.54) is 0 Å². The summed E-state index contributed by atoms with van der Waals surface area (Å²) < 4.78 is 89.8. The van der Waals surface area contributed by atoms with Gasteiger partial charge in [0.25, 0.3) is 0 Å². The number of hydrogen-bond donors (Lipinski definition) is 3. The maximum absolute atomic E-state index is 12.7. The number of esters is 2. The van der Waals surface area contributed by atoms with E-state index in [2.05, 4.69) is 25.0 Å². The topological polar surface area (TPSA) is 126 Å². The van der Waals surface area contributed by atoms with Crippen LogP contribution in [-0.4, -0.2) is 79.2 Å². The first-order valence-corrected chi connectivity index (χ1v) is 18.6. The molecule has 0 bridgehead atoms. The highest BCUT2D eigenvalue weighted by atomic mass is 19.4. The van der Waals surface area contributed by atoms with Crippen LogP contribution >= 0.6 is 0 Å². The van der Waals surface area contributed by atoms with Crippen LogP contribution in [0.4, 0.5) is 36.8 Å². The third-order valence-electron chi connectivity index (χ3n) is 9.22. The van der Waals surface area contributed by atoms with Gasteiger partial charge in [-0.15, -0.1) is 0 Å². The number of likely N-dealkylation sites (tertiary alicyclic amines) is 1. The number of unbranched alkanes of at least 4 members (excludes halogenated alkanes) is 6. The third kappa shape index (κ3) is 14.8. The van der Waals surface area contributed by atoms with Crippen LogP contribution in [0.25, 0.3) is 11.1 Å². The van der Waals surface area contributed by atoms with Crippen molar-refractivity contribution in [2.24, 2.45) is 0 Å². The smallest absolute Gasteiger partial charge is 0.454 e. The van der Waals surface area contributed by atoms with Crippen LogP contribution in [0.2, 0.25) is 0 Å². The number of carbonyl (C=O) groups excluding carboxylic acids is 3. The van der Waals surface area contributed by atoms with Crippen LogP contribution in [0, 0.1) is 0 Å². The number of carbonyl (C=O) groups is 3. The summed E-state index contributed by atoms with van der Waals surface area (Å²) in [5.41, 5.74) is 2.29. The number of ether oxygens (including phenoxy) is 3. The minimum atomic E-state index is -5.38. The number of nitrogens with zero attached hydrogens (tertiary/aromatic N) is 1. The highest BCUT2D eigenvalue weighted by molar-refractivity contribution is 5.91. The Balaban J connectivity index is 1.04. The lowest BCUT2D eigenvalue weighted by Gasteiger charge is -2.31. The summed E-state index contributed by atoms with van der Waals surface area (Å²) in [7, 11) is 0. The van der Waals surface area contributed by atoms with E-state index in [1.807, 2.05) is 54.6 Å². The van der Waals surface area contributed by atoms with Crippen molar-refractivity contribution in [1.29, 1.82) is 0 Å². The van der Waals surface area contributed by atoms with Gasteiger partial charge in [0.2, 0.25) is 0 Å². The Morgan fingerprint density at radius 2 is 1.41 bits per heavy atom. The van der Waals surface area contributed by atoms with Crippen LogP contribution in [-0.2, 0) is 25.7 Å². The van der Waals surface area contributed by atoms with E-state index in [-0.39, 0.29) is 18.2 Å².